The molecule has 0 aliphatic carbocycles. The van der Waals surface area contributed by atoms with Gasteiger partial charge < -0.3 is 10.1 Å². The van der Waals surface area contributed by atoms with Crippen molar-refractivity contribution in [3.05, 3.63) is 83.7 Å². The Hall–Kier alpha value is -3.39. The van der Waals surface area contributed by atoms with Gasteiger partial charge in [0.25, 0.3) is 15.9 Å². The average Bonchev–Trinajstić information content (AvgIpc) is 2.70. The van der Waals surface area contributed by atoms with Gasteiger partial charge in [-0.2, -0.15) is 0 Å². The Kier molecular flexibility index (Phi) is 5.84. The van der Waals surface area contributed by atoms with E-state index in [1.165, 1.54) is 43.5 Å². The van der Waals surface area contributed by atoms with Crippen LogP contribution in [0, 0.1) is 12.7 Å². The number of carbonyl (C=O) groups is 1. The number of sulfonamides is 1. The Morgan fingerprint density at radius 3 is 2.34 bits per heavy atom. The number of rotatable bonds is 6. The summed E-state index contributed by atoms with van der Waals surface area (Å²) >= 11 is 0. The summed E-state index contributed by atoms with van der Waals surface area (Å²) in [6.07, 6.45) is 0. The second kappa shape index (κ2) is 8.32. The van der Waals surface area contributed by atoms with Crippen LogP contribution in [0.15, 0.2) is 71.6 Å². The molecule has 0 atom stereocenters. The minimum atomic E-state index is -4.08. The molecule has 0 unspecified atom stereocenters. The molecule has 3 rings (SSSR count). The predicted molar refractivity (Wildman–Crippen MR) is 109 cm³/mol. The molecule has 6 nitrogen and oxygen atoms in total. The van der Waals surface area contributed by atoms with Crippen LogP contribution >= 0.6 is 0 Å². The summed E-state index contributed by atoms with van der Waals surface area (Å²) in [4.78, 5) is 12.5. The van der Waals surface area contributed by atoms with E-state index in [0.29, 0.717) is 17.0 Å². The van der Waals surface area contributed by atoms with E-state index >= 15 is 0 Å². The quantitative estimate of drug-likeness (QED) is 0.633. The van der Waals surface area contributed by atoms with Crippen molar-refractivity contribution in [1.29, 1.82) is 0 Å². The van der Waals surface area contributed by atoms with Crippen LogP contribution in [0.4, 0.5) is 15.8 Å². The Morgan fingerprint density at radius 1 is 1.00 bits per heavy atom. The summed E-state index contributed by atoms with van der Waals surface area (Å²) in [5.41, 5.74) is 1.16. The molecule has 150 valence electrons. The Morgan fingerprint density at radius 2 is 1.69 bits per heavy atom. The van der Waals surface area contributed by atoms with Gasteiger partial charge in [-0.05, 0) is 61.0 Å². The zero-order chi connectivity index (χ0) is 21.0. The van der Waals surface area contributed by atoms with Crippen LogP contribution in [0.2, 0.25) is 0 Å². The van der Waals surface area contributed by atoms with Crippen molar-refractivity contribution in [2.24, 2.45) is 0 Å². The van der Waals surface area contributed by atoms with E-state index < -0.39 is 21.7 Å². The summed E-state index contributed by atoms with van der Waals surface area (Å²) in [6, 6.07) is 16.3. The maximum Gasteiger partial charge on any atom is 0.262 e. The van der Waals surface area contributed by atoms with Gasteiger partial charge in [-0.25, -0.2) is 12.8 Å². The fourth-order valence-electron chi connectivity index (χ4n) is 2.63. The van der Waals surface area contributed by atoms with Gasteiger partial charge in [-0.3, -0.25) is 9.52 Å². The maximum absolute atomic E-state index is 13.8. The zero-order valence-electron chi connectivity index (χ0n) is 15.8. The molecule has 0 fully saturated rings. The first-order valence-corrected chi connectivity index (χ1v) is 10.1. The van der Waals surface area contributed by atoms with Crippen molar-refractivity contribution < 1.29 is 22.3 Å². The normalized spacial score (nSPS) is 11.0. The summed E-state index contributed by atoms with van der Waals surface area (Å²) in [6.45, 7) is 1.70. The molecule has 3 aromatic rings. The first-order chi connectivity index (χ1) is 13.8. The van der Waals surface area contributed by atoms with Gasteiger partial charge in [-0.1, -0.05) is 18.2 Å². The van der Waals surface area contributed by atoms with E-state index in [1.54, 1.807) is 31.2 Å². The van der Waals surface area contributed by atoms with Crippen molar-refractivity contribution in [3.8, 4) is 5.75 Å². The summed E-state index contributed by atoms with van der Waals surface area (Å²) in [7, 11) is -2.54. The highest BCUT2D eigenvalue weighted by molar-refractivity contribution is 7.92. The number of carbonyl (C=O) groups excluding carboxylic acids is 1. The monoisotopic (exact) mass is 414 g/mol. The third kappa shape index (κ3) is 4.72. The van der Waals surface area contributed by atoms with Crippen LogP contribution in [-0.4, -0.2) is 21.4 Å². The molecular formula is C21H19FN2O4S. The average molecular weight is 414 g/mol. The highest BCUT2D eigenvalue weighted by Gasteiger charge is 2.19. The number of aryl methyl sites for hydroxylation is 1. The van der Waals surface area contributed by atoms with Gasteiger partial charge >= 0.3 is 0 Å². The topological polar surface area (TPSA) is 84.5 Å². The second-order valence-corrected chi connectivity index (χ2v) is 7.93. The standard InChI is InChI=1S/C21H19FN2O4S/c1-14-7-12-17(29(26,27)24-20-6-4-3-5-19(20)22)13-18(14)21(25)23-15-8-10-16(28-2)11-9-15/h3-13,24H,1-2H3,(H,23,25). The van der Waals surface area contributed by atoms with Crippen molar-refractivity contribution in [2.75, 3.05) is 17.1 Å². The number of methoxy groups -OCH3 is 1. The Bertz CT molecular complexity index is 1150. The van der Waals surface area contributed by atoms with Gasteiger partial charge in [-0.15, -0.1) is 0 Å². The molecule has 8 heteroatoms. The van der Waals surface area contributed by atoms with E-state index in [9.17, 15) is 17.6 Å². The third-order valence-corrected chi connectivity index (χ3v) is 5.59. The molecule has 0 spiro atoms. The van der Waals surface area contributed by atoms with E-state index in [-0.39, 0.29) is 16.1 Å². The zero-order valence-corrected chi connectivity index (χ0v) is 16.6. The first-order valence-electron chi connectivity index (χ1n) is 8.63. The molecule has 0 aliphatic heterocycles. The van der Waals surface area contributed by atoms with E-state index in [4.69, 9.17) is 4.74 Å². The van der Waals surface area contributed by atoms with E-state index in [2.05, 4.69) is 10.0 Å². The predicted octanol–water partition coefficient (Wildman–Crippen LogP) is 4.20. The van der Waals surface area contributed by atoms with Crippen molar-refractivity contribution in [2.45, 2.75) is 11.8 Å². The van der Waals surface area contributed by atoms with E-state index in [1.807, 2.05) is 0 Å². The number of para-hydroxylation sites is 1. The number of hydrogen-bond acceptors (Lipinski definition) is 4. The fraction of sp³-hybridized carbons (Fsp3) is 0.0952. The molecule has 0 saturated heterocycles. The lowest BCUT2D eigenvalue weighted by molar-refractivity contribution is 0.102. The number of benzene rings is 3. The maximum atomic E-state index is 13.8. The van der Waals surface area contributed by atoms with Crippen LogP contribution < -0.4 is 14.8 Å². The number of ether oxygens (including phenoxy) is 1. The molecule has 0 saturated carbocycles. The molecule has 29 heavy (non-hydrogen) atoms. The van der Waals surface area contributed by atoms with Gasteiger partial charge in [0.15, 0.2) is 0 Å². The largest absolute Gasteiger partial charge is 0.497 e. The molecule has 3 aromatic carbocycles. The highest BCUT2D eigenvalue weighted by Crippen LogP contribution is 2.22. The van der Waals surface area contributed by atoms with Crippen LogP contribution in [0.3, 0.4) is 0 Å². The van der Waals surface area contributed by atoms with Gasteiger partial charge in [0, 0.05) is 11.3 Å². The van der Waals surface area contributed by atoms with Crippen molar-refractivity contribution in [1.82, 2.24) is 0 Å². The minimum absolute atomic E-state index is 0.147. The summed E-state index contributed by atoms with van der Waals surface area (Å²) < 4.78 is 46.4. The molecule has 2 N–H and O–H groups in total. The molecule has 1 amide bonds. The van der Waals surface area contributed by atoms with Crippen LogP contribution in [0.1, 0.15) is 15.9 Å². The molecule has 0 aromatic heterocycles. The lowest BCUT2D eigenvalue weighted by atomic mass is 10.1. The number of amides is 1. The molecular weight excluding hydrogens is 395 g/mol. The first kappa shape index (κ1) is 20.3. The number of halogens is 1. The van der Waals surface area contributed by atoms with Crippen LogP contribution in [0.25, 0.3) is 0 Å². The van der Waals surface area contributed by atoms with Gasteiger partial charge in [0.05, 0.1) is 17.7 Å². The molecule has 0 bridgehead atoms. The second-order valence-electron chi connectivity index (χ2n) is 6.24. The van der Waals surface area contributed by atoms with Crippen molar-refractivity contribution >= 4 is 27.3 Å². The van der Waals surface area contributed by atoms with Crippen LogP contribution in [0.5, 0.6) is 5.75 Å². The van der Waals surface area contributed by atoms with E-state index in [0.717, 1.165) is 6.07 Å². The van der Waals surface area contributed by atoms with Gasteiger partial charge in [0.1, 0.15) is 11.6 Å². The molecule has 0 radical (unpaired) electrons. The lowest BCUT2D eigenvalue weighted by Crippen LogP contribution is -2.17. The Balaban J connectivity index is 1.86. The number of nitrogens with one attached hydrogen (secondary N) is 2. The fourth-order valence-corrected chi connectivity index (χ4v) is 3.73. The van der Waals surface area contributed by atoms with Crippen LogP contribution in [-0.2, 0) is 10.0 Å². The van der Waals surface area contributed by atoms with Gasteiger partial charge in [0.2, 0.25) is 0 Å². The molecule has 0 aliphatic rings. The minimum Gasteiger partial charge on any atom is -0.497 e. The number of hydrogen-bond donors (Lipinski definition) is 2. The Labute approximate surface area is 168 Å². The smallest absolute Gasteiger partial charge is 0.262 e. The number of anilines is 2. The SMILES string of the molecule is COc1ccc(NC(=O)c2cc(S(=O)(=O)Nc3ccccc3F)ccc2C)cc1. The highest BCUT2D eigenvalue weighted by atomic mass is 32.2. The lowest BCUT2D eigenvalue weighted by Gasteiger charge is -2.12. The summed E-state index contributed by atoms with van der Waals surface area (Å²) in [5, 5.41) is 2.72. The molecule has 0 heterocycles. The third-order valence-electron chi connectivity index (χ3n) is 4.23. The van der Waals surface area contributed by atoms with Crippen molar-refractivity contribution in [3.63, 3.8) is 0 Å². The summed E-state index contributed by atoms with van der Waals surface area (Å²) in [5.74, 6) is -0.511.